The minimum absolute atomic E-state index is 0. The molecule has 54 heavy (non-hydrogen) atoms. The zero-order valence-electron chi connectivity index (χ0n) is 34.2. The first kappa shape index (κ1) is 46.9. The van der Waals surface area contributed by atoms with Gasteiger partial charge < -0.3 is 20.1 Å². The Bertz CT molecular complexity index is 1580. The largest absolute Gasteiger partial charge is 1.00 e. The molecule has 1 saturated heterocycles. The van der Waals surface area contributed by atoms with Crippen LogP contribution in [0.25, 0.3) is 32.8 Å². The van der Waals surface area contributed by atoms with Crippen LogP contribution in [0, 0.1) is 25.7 Å². The van der Waals surface area contributed by atoms with E-state index in [9.17, 15) is 0 Å². The van der Waals surface area contributed by atoms with Crippen molar-refractivity contribution >= 4 is 33.5 Å². The SMILES string of the molecule is C1COCCO1.CC(C)c1cccc(C(C)C)c1[N-]C1=C([N-]c2c(C(C)C)cccc2C(C)C)c2cccc3cccc1c23.[CH]1[CH]CC[CH][CH]CC1.[Co].[K+]. The number of nitrogens with zero attached hydrogens (tertiary/aromatic N) is 2. The number of benzene rings is 4. The first-order valence-corrected chi connectivity index (χ1v) is 19.6. The van der Waals surface area contributed by atoms with Crippen molar-refractivity contribution in [2.45, 2.75) is 105 Å². The Morgan fingerprint density at radius 3 is 1.02 bits per heavy atom. The van der Waals surface area contributed by atoms with E-state index >= 15 is 0 Å². The van der Waals surface area contributed by atoms with Gasteiger partial charge >= 0.3 is 51.4 Å². The van der Waals surface area contributed by atoms with Gasteiger partial charge in [-0.25, -0.2) is 0 Å². The molecular formula is C48H60CoKN2O2-. The summed E-state index contributed by atoms with van der Waals surface area (Å²) < 4.78 is 9.89. The van der Waals surface area contributed by atoms with Gasteiger partial charge in [0.1, 0.15) is 0 Å². The van der Waals surface area contributed by atoms with Crippen molar-refractivity contribution in [3.05, 3.63) is 142 Å². The number of hydrogen-bond donors (Lipinski definition) is 0. The van der Waals surface area contributed by atoms with Crippen LogP contribution in [-0.4, -0.2) is 26.4 Å². The van der Waals surface area contributed by atoms with Gasteiger partial charge in [-0.3, -0.25) is 0 Å². The second kappa shape index (κ2) is 23.7. The average Bonchev–Trinajstić information content (AvgIpc) is 3.42. The average molecular weight is 795 g/mol. The van der Waals surface area contributed by atoms with Crippen molar-refractivity contribution < 1.29 is 77.6 Å². The fraction of sp³-hybridized carbons (Fsp3) is 0.417. The van der Waals surface area contributed by atoms with Gasteiger partial charge in [0, 0.05) is 16.8 Å². The van der Waals surface area contributed by atoms with E-state index < -0.39 is 0 Å². The third-order valence-corrected chi connectivity index (χ3v) is 9.85. The van der Waals surface area contributed by atoms with Gasteiger partial charge in [0.2, 0.25) is 0 Å². The quantitative estimate of drug-likeness (QED) is 0.167. The molecule has 0 N–H and O–H groups in total. The second-order valence-electron chi connectivity index (χ2n) is 15.1. The van der Waals surface area contributed by atoms with Gasteiger partial charge in [0.15, 0.2) is 0 Å². The van der Waals surface area contributed by atoms with Crippen molar-refractivity contribution in [1.82, 2.24) is 0 Å². The molecule has 0 spiro atoms. The molecule has 6 heteroatoms. The van der Waals surface area contributed by atoms with E-state index in [-0.39, 0.29) is 68.2 Å². The molecule has 4 aromatic carbocycles. The molecule has 2 aliphatic carbocycles. The molecule has 0 unspecified atom stereocenters. The predicted octanol–water partition coefficient (Wildman–Crippen LogP) is 11.3. The van der Waals surface area contributed by atoms with Gasteiger partial charge in [0.25, 0.3) is 0 Å². The first-order valence-electron chi connectivity index (χ1n) is 19.6. The molecule has 3 aliphatic rings. The number of hydrogen-bond acceptors (Lipinski definition) is 2. The molecular weight excluding hydrogens is 735 g/mol. The Morgan fingerprint density at radius 2 is 0.741 bits per heavy atom. The Labute approximate surface area is 381 Å². The van der Waals surface area contributed by atoms with E-state index in [0.29, 0.717) is 23.7 Å². The van der Waals surface area contributed by atoms with E-state index in [1.54, 1.807) is 0 Å². The topological polar surface area (TPSA) is 46.7 Å². The molecule has 4 aromatic rings. The van der Waals surface area contributed by atoms with Crippen molar-refractivity contribution in [3.8, 4) is 0 Å². The molecule has 4 nitrogen and oxygen atoms in total. The summed E-state index contributed by atoms with van der Waals surface area (Å²) in [5, 5.41) is 13.6. The fourth-order valence-electron chi connectivity index (χ4n) is 7.02. The van der Waals surface area contributed by atoms with Gasteiger partial charge in [0.05, 0.1) is 26.4 Å². The van der Waals surface area contributed by atoms with Crippen LogP contribution >= 0.6 is 0 Å². The van der Waals surface area contributed by atoms with Crippen molar-refractivity contribution in [2.24, 2.45) is 0 Å². The van der Waals surface area contributed by atoms with E-state index in [1.807, 2.05) is 0 Å². The Morgan fingerprint density at radius 1 is 0.444 bits per heavy atom. The first-order chi connectivity index (χ1) is 25.2. The number of para-hydroxylation sites is 2. The normalized spacial score (nSPS) is 15.4. The van der Waals surface area contributed by atoms with Crippen molar-refractivity contribution in [3.63, 3.8) is 0 Å². The van der Waals surface area contributed by atoms with E-state index in [4.69, 9.17) is 20.1 Å². The van der Waals surface area contributed by atoms with Crippen LogP contribution in [0.1, 0.15) is 138 Å². The summed E-state index contributed by atoms with van der Waals surface area (Å²) in [6.45, 7) is 21.2. The van der Waals surface area contributed by atoms with Gasteiger partial charge in [-0.2, -0.15) is 0 Å². The van der Waals surface area contributed by atoms with Crippen LogP contribution in [0.3, 0.4) is 0 Å². The maximum absolute atomic E-state index is 5.55. The summed E-state index contributed by atoms with van der Waals surface area (Å²) >= 11 is 0. The maximum atomic E-state index is 5.55. The molecule has 285 valence electrons. The van der Waals surface area contributed by atoms with Gasteiger partial charge in [-0.1, -0.05) is 150 Å². The molecule has 2 fully saturated rings. The summed E-state index contributed by atoms with van der Waals surface area (Å²) in [5.41, 5.74) is 11.7. The maximum Gasteiger partial charge on any atom is 1.00 e. The van der Waals surface area contributed by atoms with Crippen LogP contribution in [-0.2, 0) is 26.3 Å². The van der Waals surface area contributed by atoms with Crippen LogP contribution in [0.5, 0.6) is 0 Å². The summed E-state index contributed by atoms with van der Waals surface area (Å²) in [7, 11) is 0. The minimum atomic E-state index is 0. The van der Waals surface area contributed by atoms with E-state index in [0.717, 1.165) is 49.2 Å². The fourth-order valence-corrected chi connectivity index (χ4v) is 7.02. The number of ether oxygens (including phenoxy) is 2. The van der Waals surface area contributed by atoms with Crippen molar-refractivity contribution in [1.29, 1.82) is 0 Å². The van der Waals surface area contributed by atoms with Crippen molar-refractivity contribution in [2.75, 3.05) is 26.4 Å². The predicted molar refractivity (Wildman–Crippen MR) is 223 cm³/mol. The van der Waals surface area contributed by atoms with Crippen LogP contribution < -0.4 is 51.4 Å². The molecule has 1 aliphatic heterocycles. The molecule has 0 amide bonds. The van der Waals surface area contributed by atoms with Gasteiger partial charge in [-0.15, -0.1) is 22.8 Å². The molecule has 5 radical (unpaired) electrons. The summed E-state index contributed by atoms with van der Waals surface area (Å²) in [4.78, 5) is 0. The Balaban J connectivity index is 0.000000409. The van der Waals surface area contributed by atoms with Crippen LogP contribution in [0.15, 0.2) is 72.8 Å². The second-order valence-corrected chi connectivity index (χ2v) is 15.1. The van der Waals surface area contributed by atoms with E-state index in [2.05, 4.69) is 154 Å². The molecule has 7 rings (SSSR count). The Kier molecular flexibility index (Phi) is 20.6. The third kappa shape index (κ3) is 12.3. The van der Waals surface area contributed by atoms with E-state index in [1.165, 1.54) is 69.8 Å². The summed E-state index contributed by atoms with van der Waals surface area (Å²) in [6.07, 6.45) is 14.0. The minimum Gasteiger partial charge on any atom is -0.658 e. The third-order valence-electron chi connectivity index (χ3n) is 9.85. The summed E-state index contributed by atoms with van der Waals surface area (Å²) in [5.74, 6) is 1.51. The molecule has 0 atom stereocenters. The number of rotatable bonds is 8. The monoisotopic (exact) mass is 794 g/mol. The van der Waals surface area contributed by atoms with Gasteiger partial charge in [-0.05, 0) is 96.9 Å². The molecule has 0 aromatic heterocycles. The smallest absolute Gasteiger partial charge is 0.658 e. The summed E-state index contributed by atoms with van der Waals surface area (Å²) in [6, 6.07) is 26.5. The van der Waals surface area contributed by atoms with Crippen LogP contribution in [0.4, 0.5) is 11.4 Å². The Hall–Kier alpha value is -1.46. The zero-order valence-corrected chi connectivity index (χ0v) is 38.4. The molecule has 0 bridgehead atoms. The van der Waals surface area contributed by atoms with Crippen LogP contribution in [0.2, 0.25) is 0 Å². The zero-order chi connectivity index (χ0) is 37.0. The molecule has 1 heterocycles. The standard InChI is InChI=1S/C36H40N2.C8H12.C4H8O2.Co.K/c1-21(2)26-15-11-16-27(22(3)4)33(26)37-35-30-19-9-13-25-14-10-20-31(32(25)30)36(35)38-34-28(23(5)6)17-12-18-29(34)24(7)8;1-2-4-6-8-7-5-3-1;1-2-6-4-3-5-1;;/h9-24H,1-8H3;1-2,7-8H,3-6H2;1-4H2;;/q-2;;;;+1. The molecule has 1 saturated carbocycles.